The Kier molecular flexibility index (Phi) is 5.01. The third-order valence-corrected chi connectivity index (χ3v) is 4.78. The lowest BCUT2D eigenvalue weighted by Gasteiger charge is -2.17. The van der Waals surface area contributed by atoms with Crippen molar-refractivity contribution < 1.29 is 4.79 Å². The van der Waals surface area contributed by atoms with Crippen LogP contribution in [0, 0.1) is 0 Å². The van der Waals surface area contributed by atoms with Crippen LogP contribution in [-0.4, -0.2) is 29.8 Å². The second kappa shape index (κ2) is 7.91. The Bertz CT molecular complexity index is 922. The predicted molar refractivity (Wildman–Crippen MR) is 109 cm³/mol. The maximum atomic E-state index is 12.3. The number of hydrogen-bond donors (Lipinski definition) is 1. The quantitative estimate of drug-likeness (QED) is 0.556. The van der Waals surface area contributed by atoms with Crippen LogP contribution in [0.2, 0.25) is 0 Å². The van der Waals surface area contributed by atoms with Crippen molar-refractivity contribution in [1.82, 2.24) is 9.99 Å². The molecule has 3 aromatic rings. The fourth-order valence-corrected chi connectivity index (χ4v) is 3.34. The molecule has 0 spiro atoms. The Morgan fingerprint density at radius 1 is 0.889 bits per heavy atom. The number of aromatic nitrogens is 1. The summed E-state index contributed by atoms with van der Waals surface area (Å²) < 4.78 is 2.01. The number of hydrogen-bond acceptors (Lipinski definition) is 3. The van der Waals surface area contributed by atoms with Gasteiger partial charge in [-0.15, -0.1) is 0 Å². The van der Waals surface area contributed by atoms with E-state index in [1.165, 1.54) is 18.5 Å². The van der Waals surface area contributed by atoms with Crippen molar-refractivity contribution in [2.45, 2.75) is 12.8 Å². The highest BCUT2D eigenvalue weighted by atomic mass is 16.2. The highest BCUT2D eigenvalue weighted by Crippen LogP contribution is 2.20. The van der Waals surface area contributed by atoms with Gasteiger partial charge in [0.05, 0.1) is 11.9 Å². The zero-order valence-electron chi connectivity index (χ0n) is 15.1. The minimum absolute atomic E-state index is 0.211. The summed E-state index contributed by atoms with van der Waals surface area (Å²) in [6.45, 7) is 2.19. The van der Waals surface area contributed by atoms with E-state index in [9.17, 15) is 4.79 Å². The number of nitrogens with zero attached hydrogens (tertiary/aromatic N) is 3. The Balaban J connectivity index is 1.40. The Morgan fingerprint density at radius 2 is 1.63 bits per heavy atom. The van der Waals surface area contributed by atoms with Crippen molar-refractivity contribution in [2.24, 2.45) is 5.10 Å². The molecule has 4 rings (SSSR count). The van der Waals surface area contributed by atoms with E-state index in [-0.39, 0.29) is 5.91 Å². The SMILES string of the molecule is O=C(N/N=C\c1cccn1-c1ccccc1)c1ccc(N2CCCC2)cc1. The van der Waals surface area contributed by atoms with Gasteiger partial charge in [0.1, 0.15) is 0 Å². The molecule has 0 unspecified atom stereocenters. The van der Waals surface area contributed by atoms with Gasteiger partial charge in [-0.25, -0.2) is 5.43 Å². The topological polar surface area (TPSA) is 49.6 Å². The molecule has 27 heavy (non-hydrogen) atoms. The summed E-state index contributed by atoms with van der Waals surface area (Å²) in [4.78, 5) is 14.7. The van der Waals surface area contributed by atoms with Gasteiger partial charge in [-0.1, -0.05) is 18.2 Å². The Labute approximate surface area is 158 Å². The van der Waals surface area contributed by atoms with Gasteiger partial charge >= 0.3 is 0 Å². The molecule has 1 aliphatic rings. The first-order valence-corrected chi connectivity index (χ1v) is 9.22. The molecule has 0 bridgehead atoms. The first-order chi connectivity index (χ1) is 13.3. The van der Waals surface area contributed by atoms with Crippen LogP contribution in [0.15, 0.2) is 78.0 Å². The number of para-hydroxylation sites is 1. The third-order valence-electron chi connectivity index (χ3n) is 4.78. The molecule has 1 amide bonds. The summed E-state index contributed by atoms with van der Waals surface area (Å²) in [7, 11) is 0. The standard InChI is InChI=1S/C22H22N4O/c27-22(18-10-12-19(13-11-18)25-14-4-5-15-25)24-23-17-21-9-6-16-26(21)20-7-2-1-3-8-20/h1-3,6-13,16-17H,4-5,14-15H2,(H,24,27)/b23-17-. The van der Waals surface area contributed by atoms with Crippen molar-refractivity contribution in [3.63, 3.8) is 0 Å². The van der Waals surface area contributed by atoms with Gasteiger partial charge in [0, 0.05) is 36.2 Å². The summed E-state index contributed by atoms with van der Waals surface area (Å²) in [5.41, 5.74) is 6.33. The van der Waals surface area contributed by atoms with Gasteiger partial charge < -0.3 is 9.47 Å². The van der Waals surface area contributed by atoms with E-state index >= 15 is 0 Å². The van der Waals surface area contributed by atoms with Crippen LogP contribution in [0.4, 0.5) is 5.69 Å². The van der Waals surface area contributed by atoms with E-state index in [1.54, 1.807) is 6.21 Å². The summed E-state index contributed by atoms with van der Waals surface area (Å²) in [5.74, 6) is -0.211. The van der Waals surface area contributed by atoms with Crippen molar-refractivity contribution in [1.29, 1.82) is 0 Å². The third kappa shape index (κ3) is 3.92. The molecule has 1 aromatic heterocycles. The van der Waals surface area contributed by atoms with E-state index in [4.69, 9.17) is 0 Å². The maximum Gasteiger partial charge on any atom is 0.271 e. The van der Waals surface area contributed by atoms with Crippen molar-refractivity contribution >= 4 is 17.8 Å². The lowest BCUT2D eigenvalue weighted by molar-refractivity contribution is 0.0955. The lowest BCUT2D eigenvalue weighted by atomic mass is 10.2. The molecule has 0 saturated carbocycles. The van der Waals surface area contributed by atoms with Crippen LogP contribution in [0.25, 0.3) is 5.69 Å². The summed E-state index contributed by atoms with van der Waals surface area (Å²) in [6.07, 6.45) is 6.10. The van der Waals surface area contributed by atoms with E-state index in [0.717, 1.165) is 24.5 Å². The van der Waals surface area contributed by atoms with Crippen LogP contribution in [0.3, 0.4) is 0 Å². The molecule has 0 atom stereocenters. The van der Waals surface area contributed by atoms with Crippen molar-refractivity contribution in [3.05, 3.63) is 84.2 Å². The fourth-order valence-electron chi connectivity index (χ4n) is 3.34. The smallest absolute Gasteiger partial charge is 0.271 e. The van der Waals surface area contributed by atoms with Crippen LogP contribution in [-0.2, 0) is 0 Å². The molecule has 2 aromatic carbocycles. The number of anilines is 1. The average Bonchev–Trinajstić information content (AvgIpc) is 3.41. The molecule has 5 heteroatoms. The van der Waals surface area contributed by atoms with Gasteiger partial charge in [-0.3, -0.25) is 4.79 Å². The van der Waals surface area contributed by atoms with Crippen LogP contribution in [0.1, 0.15) is 28.9 Å². The Morgan fingerprint density at radius 3 is 2.37 bits per heavy atom. The number of benzene rings is 2. The lowest BCUT2D eigenvalue weighted by Crippen LogP contribution is -2.19. The molecule has 1 saturated heterocycles. The first kappa shape index (κ1) is 17.1. The van der Waals surface area contributed by atoms with Crippen LogP contribution >= 0.6 is 0 Å². The minimum atomic E-state index is -0.211. The number of hydrazone groups is 1. The van der Waals surface area contributed by atoms with E-state index in [1.807, 2.05) is 77.5 Å². The molecule has 5 nitrogen and oxygen atoms in total. The number of amides is 1. The molecule has 0 radical (unpaired) electrons. The highest BCUT2D eigenvalue weighted by Gasteiger charge is 2.12. The summed E-state index contributed by atoms with van der Waals surface area (Å²) >= 11 is 0. The van der Waals surface area contributed by atoms with Gasteiger partial charge in [-0.05, 0) is 61.4 Å². The number of carbonyl (C=O) groups excluding carboxylic acids is 1. The molecular weight excluding hydrogens is 336 g/mol. The van der Waals surface area contributed by atoms with Gasteiger partial charge in [0.25, 0.3) is 5.91 Å². The normalized spacial score (nSPS) is 14.0. The molecule has 1 aliphatic heterocycles. The van der Waals surface area contributed by atoms with Crippen LogP contribution in [0.5, 0.6) is 0 Å². The summed E-state index contributed by atoms with van der Waals surface area (Å²) in [5, 5.41) is 4.12. The zero-order chi connectivity index (χ0) is 18.5. The molecule has 1 N–H and O–H groups in total. The average molecular weight is 358 g/mol. The maximum absolute atomic E-state index is 12.3. The molecule has 136 valence electrons. The number of rotatable bonds is 5. The predicted octanol–water partition coefficient (Wildman–Crippen LogP) is 3.84. The number of nitrogens with one attached hydrogen (secondary N) is 1. The van der Waals surface area contributed by atoms with Gasteiger partial charge in [-0.2, -0.15) is 5.10 Å². The monoisotopic (exact) mass is 358 g/mol. The fraction of sp³-hybridized carbons (Fsp3) is 0.182. The molecule has 1 fully saturated rings. The molecule has 2 heterocycles. The molecule has 0 aliphatic carbocycles. The van der Waals surface area contributed by atoms with E-state index in [2.05, 4.69) is 15.4 Å². The first-order valence-electron chi connectivity index (χ1n) is 9.22. The highest BCUT2D eigenvalue weighted by molar-refractivity contribution is 5.95. The molecular formula is C22H22N4O. The van der Waals surface area contributed by atoms with Crippen LogP contribution < -0.4 is 10.3 Å². The number of carbonyl (C=O) groups is 1. The van der Waals surface area contributed by atoms with E-state index in [0.29, 0.717) is 5.56 Å². The van der Waals surface area contributed by atoms with Crippen molar-refractivity contribution in [2.75, 3.05) is 18.0 Å². The van der Waals surface area contributed by atoms with E-state index < -0.39 is 0 Å². The summed E-state index contributed by atoms with van der Waals surface area (Å²) in [6, 6.07) is 21.6. The van der Waals surface area contributed by atoms with Gasteiger partial charge in [0.15, 0.2) is 0 Å². The second-order valence-electron chi connectivity index (χ2n) is 6.58. The Hall–Kier alpha value is -3.34. The zero-order valence-corrected chi connectivity index (χ0v) is 15.1. The largest absolute Gasteiger partial charge is 0.372 e. The minimum Gasteiger partial charge on any atom is -0.372 e. The second-order valence-corrected chi connectivity index (χ2v) is 6.58. The van der Waals surface area contributed by atoms with Gasteiger partial charge in [0.2, 0.25) is 0 Å². The van der Waals surface area contributed by atoms with Crippen molar-refractivity contribution in [3.8, 4) is 5.69 Å².